The molecule has 0 aromatic rings. The van der Waals surface area contributed by atoms with Gasteiger partial charge in [-0.1, -0.05) is 6.92 Å². The highest BCUT2D eigenvalue weighted by atomic mass is 35.5. The smallest absolute Gasteiger partial charge is 0.250 e. The minimum absolute atomic E-state index is 0. The molecule has 0 aromatic heterocycles. The van der Waals surface area contributed by atoms with Gasteiger partial charge in [-0.3, -0.25) is 4.79 Å². The summed E-state index contributed by atoms with van der Waals surface area (Å²) in [4.78, 5) is 11.9. The Labute approximate surface area is 103 Å². The molecule has 0 bridgehead atoms. The molecule has 2 aliphatic rings. The first-order chi connectivity index (χ1) is 7.26. The van der Waals surface area contributed by atoms with Crippen LogP contribution in [0.4, 0.5) is 0 Å². The molecule has 1 aliphatic heterocycles. The maximum Gasteiger partial charge on any atom is 0.250 e. The van der Waals surface area contributed by atoms with E-state index in [2.05, 4.69) is 17.6 Å². The van der Waals surface area contributed by atoms with Crippen molar-refractivity contribution >= 4 is 18.3 Å². The summed E-state index contributed by atoms with van der Waals surface area (Å²) in [5, 5.41) is 6.32. The molecule has 16 heavy (non-hydrogen) atoms. The fraction of sp³-hybridized carbons (Fsp3) is 0.909. The van der Waals surface area contributed by atoms with Crippen LogP contribution in [-0.4, -0.2) is 37.2 Å². The molecule has 4 nitrogen and oxygen atoms in total. The first kappa shape index (κ1) is 13.7. The third kappa shape index (κ3) is 2.87. The van der Waals surface area contributed by atoms with E-state index in [-0.39, 0.29) is 30.0 Å². The summed E-state index contributed by atoms with van der Waals surface area (Å²) in [5.74, 6) is 0.0590. The highest BCUT2D eigenvalue weighted by Gasteiger charge is 2.38. The zero-order valence-corrected chi connectivity index (χ0v) is 10.6. The van der Waals surface area contributed by atoms with Gasteiger partial charge < -0.3 is 15.4 Å². The Morgan fingerprint density at radius 3 is 2.75 bits per heavy atom. The predicted molar refractivity (Wildman–Crippen MR) is 64.9 cm³/mol. The van der Waals surface area contributed by atoms with Crippen molar-refractivity contribution in [2.45, 2.75) is 44.2 Å². The average Bonchev–Trinajstić information content (AvgIpc) is 2.24. The molecule has 1 saturated heterocycles. The lowest BCUT2D eigenvalue weighted by molar-refractivity contribution is -0.137. The van der Waals surface area contributed by atoms with Gasteiger partial charge >= 0.3 is 0 Å². The van der Waals surface area contributed by atoms with E-state index in [9.17, 15) is 4.79 Å². The van der Waals surface area contributed by atoms with Crippen molar-refractivity contribution in [1.29, 1.82) is 0 Å². The van der Waals surface area contributed by atoms with Crippen LogP contribution in [0.25, 0.3) is 0 Å². The van der Waals surface area contributed by atoms with Gasteiger partial charge in [0.1, 0.15) is 6.10 Å². The van der Waals surface area contributed by atoms with Crippen LogP contribution in [0.1, 0.15) is 32.6 Å². The Kier molecular flexibility index (Phi) is 5.02. The van der Waals surface area contributed by atoms with E-state index < -0.39 is 0 Å². The number of hydrogen-bond acceptors (Lipinski definition) is 3. The second kappa shape index (κ2) is 5.84. The van der Waals surface area contributed by atoms with Crippen molar-refractivity contribution < 1.29 is 9.53 Å². The van der Waals surface area contributed by atoms with E-state index in [4.69, 9.17) is 4.74 Å². The molecular weight excluding hydrogens is 228 g/mol. The number of amides is 1. The Bertz CT molecular complexity index is 233. The summed E-state index contributed by atoms with van der Waals surface area (Å²) in [6, 6.07) is 0. The van der Waals surface area contributed by atoms with E-state index >= 15 is 0 Å². The van der Waals surface area contributed by atoms with Crippen LogP contribution in [0.15, 0.2) is 0 Å². The Hall–Kier alpha value is -0.320. The summed E-state index contributed by atoms with van der Waals surface area (Å²) in [7, 11) is 0. The van der Waals surface area contributed by atoms with Crippen LogP contribution >= 0.6 is 12.4 Å². The molecule has 2 fully saturated rings. The fourth-order valence-corrected chi connectivity index (χ4v) is 2.25. The minimum atomic E-state index is -0.289. The molecule has 0 spiro atoms. The second-order valence-corrected chi connectivity index (χ2v) is 4.54. The van der Waals surface area contributed by atoms with E-state index in [1.807, 2.05) is 0 Å². The van der Waals surface area contributed by atoms with Crippen LogP contribution in [0.3, 0.4) is 0 Å². The van der Waals surface area contributed by atoms with Gasteiger partial charge in [0.05, 0.1) is 6.61 Å². The van der Waals surface area contributed by atoms with Crippen molar-refractivity contribution in [3.63, 3.8) is 0 Å². The summed E-state index contributed by atoms with van der Waals surface area (Å²) >= 11 is 0. The lowest BCUT2D eigenvalue weighted by atomic mass is 9.74. The minimum Gasteiger partial charge on any atom is -0.366 e. The Balaban J connectivity index is 0.00000128. The molecular formula is C11H21ClN2O2. The van der Waals surface area contributed by atoms with Gasteiger partial charge in [0.2, 0.25) is 0 Å². The quantitative estimate of drug-likeness (QED) is 0.779. The number of halogens is 1. The molecule has 2 rings (SSSR count). The summed E-state index contributed by atoms with van der Waals surface area (Å²) in [6.07, 6.45) is 4.21. The number of ether oxygens (including phenoxy) is 1. The second-order valence-electron chi connectivity index (χ2n) is 4.54. The molecule has 1 aliphatic carbocycles. The van der Waals surface area contributed by atoms with Crippen LogP contribution in [-0.2, 0) is 9.53 Å². The van der Waals surface area contributed by atoms with Crippen LogP contribution in [0, 0.1) is 0 Å². The normalized spacial score (nSPS) is 27.4. The number of morpholine rings is 1. The number of nitrogens with one attached hydrogen (secondary N) is 2. The number of rotatable bonds is 3. The first-order valence-corrected chi connectivity index (χ1v) is 5.90. The average molecular weight is 249 g/mol. The monoisotopic (exact) mass is 248 g/mol. The van der Waals surface area contributed by atoms with Gasteiger partial charge in [-0.15, -0.1) is 12.4 Å². The zero-order chi connectivity index (χ0) is 10.7. The van der Waals surface area contributed by atoms with Gasteiger partial charge in [0, 0.05) is 18.6 Å². The van der Waals surface area contributed by atoms with Gasteiger partial charge in [-0.25, -0.2) is 0 Å². The molecule has 1 heterocycles. The number of carbonyl (C=O) groups excluding carboxylic acids is 1. The molecule has 1 atom stereocenters. The summed E-state index contributed by atoms with van der Waals surface area (Å²) in [5.41, 5.74) is 0.0812. The molecule has 94 valence electrons. The SMILES string of the molecule is CCC1(NC(=O)[C@H]2CNCCO2)CCC1.Cl. The fourth-order valence-electron chi connectivity index (χ4n) is 2.25. The van der Waals surface area contributed by atoms with E-state index in [1.54, 1.807) is 0 Å². The van der Waals surface area contributed by atoms with Crippen LogP contribution in [0.5, 0.6) is 0 Å². The zero-order valence-electron chi connectivity index (χ0n) is 9.75. The summed E-state index contributed by atoms with van der Waals surface area (Å²) in [6.45, 7) is 4.27. The third-order valence-electron chi connectivity index (χ3n) is 3.60. The standard InChI is InChI=1S/C11H20N2O2.ClH/c1-2-11(4-3-5-11)13-10(14)9-8-12-6-7-15-9;/h9,12H,2-8H2,1H3,(H,13,14);1H/t9-;/m1./s1. The predicted octanol–water partition coefficient (Wildman–Crippen LogP) is 0.845. The largest absolute Gasteiger partial charge is 0.366 e. The maximum atomic E-state index is 11.9. The third-order valence-corrected chi connectivity index (χ3v) is 3.60. The van der Waals surface area contributed by atoms with Crippen molar-refractivity contribution in [2.75, 3.05) is 19.7 Å². The van der Waals surface area contributed by atoms with E-state index in [1.165, 1.54) is 6.42 Å². The van der Waals surface area contributed by atoms with Crippen molar-refractivity contribution in [3.05, 3.63) is 0 Å². The number of carbonyl (C=O) groups is 1. The molecule has 5 heteroatoms. The van der Waals surface area contributed by atoms with Gasteiger partial charge in [-0.05, 0) is 25.7 Å². The summed E-state index contributed by atoms with van der Waals surface area (Å²) < 4.78 is 5.42. The molecule has 0 radical (unpaired) electrons. The molecule has 1 saturated carbocycles. The Morgan fingerprint density at radius 2 is 2.31 bits per heavy atom. The molecule has 0 aromatic carbocycles. The first-order valence-electron chi connectivity index (χ1n) is 5.90. The van der Waals surface area contributed by atoms with Gasteiger partial charge in [0.25, 0.3) is 5.91 Å². The van der Waals surface area contributed by atoms with Crippen LogP contribution < -0.4 is 10.6 Å². The topological polar surface area (TPSA) is 50.4 Å². The van der Waals surface area contributed by atoms with Gasteiger partial charge in [-0.2, -0.15) is 0 Å². The van der Waals surface area contributed by atoms with E-state index in [0.29, 0.717) is 13.2 Å². The lowest BCUT2D eigenvalue weighted by Gasteiger charge is -2.43. The van der Waals surface area contributed by atoms with Crippen LogP contribution in [0.2, 0.25) is 0 Å². The van der Waals surface area contributed by atoms with Crippen molar-refractivity contribution in [1.82, 2.24) is 10.6 Å². The molecule has 1 amide bonds. The molecule has 0 unspecified atom stereocenters. The highest BCUT2D eigenvalue weighted by Crippen LogP contribution is 2.34. The Morgan fingerprint density at radius 1 is 1.56 bits per heavy atom. The maximum absolute atomic E-state index is 11.9. The van der Waals surface area contributed by atoms with Gasteiger partial charge in [0.15, 0.2) is 0 Å². The lowest BCUT2D eigenvalue weighted by Crippen LogP contribution is -2.58. The van der Waals surface area contributed by atoms with Crippen molar-refractivity contribution in [3.8, 4) is 0 Å². The number of hydrogen-bond donors (Lipinski definition) is 2. The van der Waals surface area contributed by atoms with Crippen molar-refractivity contribution in [2.24, 2.45) is 0 Å². The van der Waals surface area contributed by atoms with E-state index in [0.717, 1.165) is 25.8 Å². The molecule has 2 N–H and O–H groups in total. The highest BCUT2D eigenvalue weighted by molar-refractivity contribution is 5.85.